The lowest BCUT2D eigenvalue weighted by Gasteiger charge is -2.28. The molecule has 1 aliphatic rings. The summed E-state index contributed by atoms with van der Waals surface area (Å²) in [5, 5.41) is 4.93. The molecule has 0 radical (unpaired) electrons. The van der Waals surface area contributed by atoms with Crippen LogP contribution in [0, 0.1) is 0 Å². The van der Waals surface area contributed by atoms with Crippen molar-refractivity contribution in [1.29, 1.82) is 0 Å². The molecule has 1 aromatic rings. The van der Waals surface area contributed by atoms with Gasteiger partial charge >= 0.3 is 0 Å². The van der Waals surface area contributed by atoms with Crippen molar-refractivity contribution in [3.63, 3.8) is 0 Å². The Balaban J connectivity index is 2.10. The predicted octanol–water partition coefficient (Wildman–Crippen LogP) is 0.468. The number of anilines is 1. The molecular weight excluding hydrogens is 270 g/mol. The summed E-state index contributed by atoms with van der Waals surface area (Å²) in [6, 6.07) is 6.38. The number of amides is 3. The summed E-state index contributed by atoms with van der Waals surface area (Å²) in [5.41, 5.74) is 6.28. The zero-order valence-corrected chi connectivity index (χ0v) is 12.1. The van der Waals surface area contributed by atoms with Gasteiger partial charge < -0.3 is 11.1 Å². The first-order chi connectivity index (χ1) is 9.80. The highest BCUT2D eigenvalue weighted by Crippen LogP contribution is 2.24. The molecule has 1 aromatic carbocycles. The van der Waals surface area contributed by atoms with Crippen molar-refractivity contribution >= 4 is 23.4 Å². The van der Waals surface area contributed by atoms with Crippen molar-refractivity contribution in [2.75, 3.05) is 5.73 Å². The summed E-state index contributed by atoms with van der Waals surface area (Å²) in [6.45, 7) is 3.56. The van der Waals surface area contributed by atoms with E-state index in [0.29, 0.717) is 12.1 Å². The molecule has 6 heteroatoms. The monoisotopic (exact) mass is 289 g/mol. The second-order valence-electron chi connectivity index (χ2n) is 5.72. The number of hydrogen-bond acceptors (Lipinski definition) is 4. The van der Waals surface area contributed by atoms with Crippen LogP contribution in [0.15, 0.2) is 24.3 Å². The van der Waals surface area contributed by atoms with Crippen LogP contribution < -0.4 is 16.4 Å². The lowest BCUT2D eigenvalue weighted by atomic mass is 9.83. The normalized spacial score (nSPS) is 19.0. The molecule has 0 aliphatic carbocycles. The summed E-state index contributed by atoms with van der Waals surface area (Å²) in [6.07, 6.45) is 0.563. The van der Waals surface area contributed by atoms with Crippen LogP contribution in [0.1, 0.15) is 32.3 Å². The molecule has 0 saturated carbocycles. The maximum absolute atomic E-state index is 12.4. The number of imide groups is 1. The third-order valence-electron chi connectivity index (χ3n) is 3.74. The van der Waals surface area contributed by atoms with Crippen LogP contribution in [-0.2, 0) is 19.8 Å². The molecule has 1 atom stereocenters. The molecule has 4 N–H and O–H groups in total. The van der Waals surface area contributed by atoms with Gasteiger partial charge in [0.15, 0.2) is 0 Å². The fourth-order valence-electron chi connectivity index (χ4n) is 2.20. The molecule has 1 aliphatic heterocycles. The smallest absolute Gasteiger partial charge is 0.249 e. The van der Waals surface area contributed by atoms with Gasteiger partial charge in [-0.05, 0) is 38.0 Å². The van der Waals surface area contributed by atoms with E-state index in [-0.39, 0.29) is 18.2 Å². The molecule has 1 fully saturated rings. The minimum absolute atomic E-state index is 0.235. The van der Waals surface area contributed by atoms with Gasteiger partial charge in [0.05, 0.1) is 5.41 Å². The average molecular weight is 289 g/mol. The Kier molecular flexibility index (Phi) is 3.97. The highest BCUT2D eigenvalue weighted by atomic mass is 16.2. The molecular formula is C15H19N3O3. The molecule has 21 heavy (non-hydrogen) atoms. The highest BCUT2D eigenvalue weighted by Gasteiger charge is 2.34. The van der Waals surface area contributed by atoms with Crippen LogP contribution in [0.3, 0.4) is 0 Å². The minimum atomic E-state index is -0.796. The van der Waals surface area contributed by atoms with Gasteiger partial charge in [-0.3, -0.25) is 19.7 Å². The molecule has 6 nitrogen and oxygen atoms in total. The highest BCUT2D eigenvalue weighted by molar-refractivity contribution is 6.02. The molecule has 1 heterocycles. The number of nitrogens with two attached hydrogens (primary N) is 1. The molecule has 3 amide bonds. The number of nitrogens with one attached hydrogen (secondary N) is 2. The van der Waals surface area contributed by atoms with Crippen LogP contribution in [-0.4, -0.2) is 23.8 Å². The maximum Gasteiger partial charge on any atom is 0.249 e. The van der Waals surface area contributed by atoms with Gasteiger partial charge in [-0.2, -0.15) is 0 Å². The third kappa shape index (κ3) is 3.21. The van der Waals surface area contributed by atoms with Crippen LogP contribution in [0.25, 0.3) is 0 Å². The van der Waals surface area contributed by atoms with E-state index >= 15 is 0 Å². The van der Waals surface area contributed by atoms with E-state index in [4.69, 9.17) is 5.73 Å². The van der Waals surface area contributed by atoms with Crippen molar-refractivity contribution < 1.29 is 14.4 Å². The number of hydrogen-bond donors (Lipinski definition) is 3. The van der Waals surface area contributed by atoms with Crippen molar-refractivity contribution in [2.45, 2.75) is 38.1 Å². The average Bonchev–Trinajstić information content (AvgIpc) is 2.42. The zero-order chi connectivity index (χ0) is 15.6. The van der Waals surface area contributed by atoms with E-state index in [1.54, 1.807) is 38.1 Å². The van der Waals surface area contributed by atoms with Gasteiger partial charge in [-0.15, -0.1) is 0 Å². The fraction of sp³-hybridized carbons (Fsp3) is 0.400. The Bertz CT molecular complexity index is 578. The van der Waals surface area contributed by atoms with Crippen LogP contribution >= 0.6 is 0 Å². The number of rotatable bonds is 3. The van der Waals surface area contributed by atoms with Crippen molar-refractivity contribution in [3.8, 4) is 0 Å². The number of benzene rings is 1. The predicted molar refractivity (Wildman–Crippen MR) is 78.2 cm³/mol. The van der Waals surface area contributed by atoms with E-state index in [2.05, 4.69) is 10.6 Å². The van der Waals surface area contributed by atoms with Crippen LogP contribution in [0.4, 0.5) is 5.69 Å². The number of piperidine rings is 1. The van der Waals surface area contributed by atoms with Crippen molar-refractivity contribution in [3.05, 3.63) is 29.8 Å². The van der Waals surface area contributed by atoms with Gasteiger partial charge in [0.2, 0.25) is 17.7 Å². The third-order valence-corrected chi connectivity index (χ3v) is 3.74. The molecule has 0 spiro atoms. The van der Waals surface area contributed by atoms with Gasteiger partial charge in [0.1, 0.15) is 6.04 Å². The Morgan fingerprint density at radius 2 is 1.90 bits per heavy atom. The summed E-state index contributed by atoms with van der Waals surface area (Å²) in [4.78, 5) is 35.2. The quantitative estimate of drug-likeness (QED) is 0.556. The second-order valence-corrected chi connectivity index (χ2v) is 5.72. The van der Waals surface area contributed by atoms with Gasteiger partial charge in [0, 0.05) is 12.1 Å². The minimum Gasteiger partial charge on any atom is -0.399 e. The SMILES string of the molecule is CC(C)(C(=O)NC1CCC(=O)NC1=O)c1ccc(N)cc1. The molecule has 0 aromatic heterocycles. The van der Waals surface area contributed by atoms with E-state index in [9.17, 15) is 14.4 Å². The van der Waals surface area contributed by atoms with Gasteiger partial charge in [-0.1, -0.05) is 12.1 Å². The van der Waals surface area contributed by atoms with Crippen molar-refractivity contribution in [2.24, 2.45) is 0 Å². The Hall–Kier alpha value is -2.37. The van der Waals surface area contributed by atoms with E-state index < -0.39 is 17.4 Å². The maximum atomic E-state index is 12.4. The lowest BCUT2D eigenvalue weighted by Crippen LogP contribution is -2.55. The standard InChI is InChI=1S/C15H19N3O3/c1-15(2,9-3-5-10(16)6-4-9)14(21)17-11-7-8-12(19)18-13(11)20/h3-6,11H,7-8,16H2,1-2H3,(H,17,21)(H,18,19,20). The molecule has 2 rings (SSSR count). The summed E-state index contributed by atoms with van der Waals surface area (Å²) in [5.74, 6) is -1.02. The van der Waals surface area contributed by atoms with Crippen LogP contribution in [0.2, 0.25) is 0 Å². The Morgan fingerprint density at radius 3 is 2.48 bits per heavy atom. The first-order valence-electron chi connectivity index (χ1n) is 6.81. The summed E-state index contributed by atoms with van der Waals surface area (Å²) < 4.78 is 0. The molecule has 112 valence electrons. The Morgan fingerprint density at radius 1 is 1.29 bits per heavy atom. The zero-order valence-electron chi connectivity index (χ0n) is 12.1. The topological polar surface area (TPSA) is 101 Å². The first-order valence-corrected chi connectivity index (χ1v) is 6.81. The fourth-order valence-corrected chi connectivity index (χ4v) is 2.20. The van der Waals surface area contributed by atoms with E-state index in [0.717, 1.165) is 5.56 Å². The van der Waals surface area contributed by atoms with Crippen molar-refractivity contribution in [1.82, 2.24) is 10.6 Å². The van der Waals surface area contributed by atoms with Gasteiger partial charge in [-0.25, -0.2) is 0 Å². The van der Waals surface area contributed by atoms with E-state index in [1.807, 2.05) is 0 Å². The summed E-state index contributed by atoms with van der Waals surface area (Å²) in [7, 11) is 0. The van der Waals surface area contributed by atoms with E-state index in [1.165, 1.54) is 0 Å². The van der Waals surface area contributed by atoms with Crippen LogP contribution in [0.5, 0.6) is 0 Å². The second kappa shape index (κ2) is 5.55. The Labute approximate surface area is 123 Å². The van der Waals surface area contributed by atoms with Gasteiger partial charge in [0.25, 0.3) is 0 Å². The molecule has 0 bridgehead atoms. The lowest BCUT2D eigenvalue weighted by molar-refractivity contribution is -0.138. The number of carbonyl (C=O) groups is 3. The number of carbonyl (C=O) groups excluding carboxylic acids is 3. The summed E-state index contributed by atoms with van der Waals surface area (Å²) >= 11 is 0. The first kappa shape index (κ1) is 15.0. The molecule has 1 saturated heterocycles. The molecule has 1 unspecified atom stereocenters. The number of nitrogen functional groups attached to an aromatic ring is 1. The largest absolute Gasteiger partial charge is 0.399 e.